The lowest BCUT2D eigenvalue weighted by atomic mass is 10.1. The summed E-state index contributed by atoms with van der Waals surface area (Å²) >= 11 is 0. The van der Waals surface area contributed by atoms with Crippen LogP contribution in [-0.2, 0) is 6.54 Å². The molecule has 0 atom stereocenters. The van der Waals surface area contributed by atoms with Gasteiger partial charge in [-0.25, -0.2) is 4.79 Å². The first kappa shape index (κ1) is 12.6. The highest BCUT2D eigenvalue weighted by Crippen LogP contribution is 2.35. The molecule has 1 aromatic carbocycles. The maximum absolute atomic E-state index is 11.4. The van der Waals surface area contributed by atoms with E-state index in [1.54, 1.807) is 18.4 Å². The summed E-state index contributed by atoms with van der Waals surface area (Å²) in [6, 6.07) is 9.13. The molecular weight excluding hydrogens is 256 g/mol. The number of carboxylic acid groups (broad SMARTS) is 1. The number of carbonyl (C=O) groups is 1. The Morgan fingerprint density at radius 1 is 1.40 bits per heavy atom. The number of rotatable bonds is 5. The van der Waals surface area contributed by atoms with E-state index in [9.17, 15) is 9.90 Å². The molecular formula is C15H16N2O3. The van der Waals surface area contributed by atoms with Crippen LogP contribution in [0.25, 0.3) is 0 Å². The monoisotopic (exact) mass is 272 g/mol. The van der Waals surface area contributed by atoms with Gasteiger partial charge in [-0.15, -0.1) is 0 Å². The molecule has 1 aliphatic carbocycles. The normalized spacial score (nSPS) is 14.2. The van der Waals surface area contributed by atoms with E-state index in [1.165, 1.54) is 6.07 Å². The molecule has 1 aromatic heterocycles. The number of hydrogen-bond donors (Lipinski definition) is 2. The number of anilines is 2. The predicted molar refractivity (Wildman–Crippen MR) is 75.7 cm³/mol. The first-order valence-electron chi connectivity index (χ1n) is 6.57. The van der Waals surface area contributed by atoms with Gasteiger partial charge in [0.25, 0.3) is 0 Å². The largest absolute Gasteiger partial charge is 0.478 e. The highest BCUT2D eigenvalue weighted by molar-refractivity contribution is 5.95. The maximum Gasteiger partial charge on any atom is 0.337 e. The molecule has 0 unspecified atom stereocenters. The lowest BCUT2D eigenvalue weighted by Crippen LogP contribution is -2.26. The summed E-state index contributed by atoms with van der Waals surface area (Å²) in [6.07, 6.45) is 3.77. The van der Waals surface area contributed by atoms with E-state index in [1.807, 2.05) is 12.1 Å². The lowest BCUT2D eigenvalue weighted by molar-refractivity contribution is 0.0697. The minimum atomic E-state index is -0.961. The summed E-state index contributed by atoms with van der Waals surface area (Å²) in [7, 11) is 0. The summed E-state index contributed by atoms with van der Waals surface area (Å²) in [5, 5.41) is 9.36. The van der Waals surface area contributed by atoms with Crippen molar-refractivity contribution < 1.29 is 14.3 Å². The van der Waals surface area contributed by atoms with E-state index in [0.717, 1.165) is 18.6 Å². The van der Waals surface area contributed by atoms with Crippen molar-refractivity contribution in [3.8, 4) is 0 Å². The Labute approximate surface area is 116 Å². The zero-order chi connectivity index (χ0) is 14.1. The quantitative estimate of drug-likeness (QED) is 0.818. The molecule has 5 nitrogen and oxygen atoms in total. The summed E-state index contributed by atoms with van der Waals surface area (Å²) in [5.74, 6) is -0.137. The number of carboxylic acids is 1. The van der Waals surface area contributed by atoms with Crippen molar-refractivity contribution in [3.63, 3.8) is 0 Å². The van der Waals surface area contributed by atoms with Gasteiger partial charge in [0.15, 0.2) is 0 Å². The van der Waals surface area contributed by atoms with E-state index >= 15 is 0 Å². The van der Waals surface area contributed by atoms with Crippen molar-refractivity contribution in [1.82, 2.24) is 0 Å². The molecule has 104 valence electrons. The molecule has 1 heterocycles. The van der Waals surface area contributed by atoms with Gasteiger partial charge in [-0.2, -0.15) is 0 Å². The number of benzene rings is 1. The number of aromatic carboxylic acids is 1. The van der Waals surface area contributed by atoms with Crippen LogP contribution >= 0.6 is 0 Å². The van der Waals surface area contributed by atoms with Crippen LogP contribution in [0.2, 0.25) is 0 Å². The van der Waals surface area contributed by atoms with Gasteiger partial charge in [0, 0.05) is 11.7 Å². The second kappa shape index (κ2) is 4.92. The lowest BCUT2D eigenvalue weighted by Gasteiger charge is -2.25. The average Bonchev–Trinajstić information content (AvgIpc) is 3.13. The average molecular weight is 272 g/mol. The molecule has 3 rings (SSSR count). The molecule has 1 fully saturated rings. The van der Waals surface area contributed by atoms with Gasteiger partial charge in [0.1, 0.15) is 5.76 Å². The van der Waals surface area contributed by atoms with Gasteiger partial charge in [0.2, 0.25) is 0 Å². The number of nitrogen functional groups attached to an aromatic ring is 1. The van der Waals surface area contributed by atoms with Crippen molar-refractivity contribution >= 4 is 17.3 Å². The summed E-state index contributed by atoms with van der Waals surface area (Å²) in [4.78, 5) is 13.5. The smallest absolute Gasteiger partial charge is 0.337 e. The zero-order valence-electron chi connectivity index (χ0n) is 11.0. The molecule has 1 saturated carbocycles. The summed E-state index contributed by atoms with van der Waals surface area (Å²) < 4.78 is 5.37. The molecule has 1 aliphatic rings. The molecule has 0 spiro atoms. The molecule has 0 saturated heterocycles. The van der Waals surface area contributed by atoms with Crippen molar-refractivity contribution in [1.29, 1.82) is 0 Å². The summed E-state index contributed by atoms with van der Waals surface area (Å²) in [5.41, 5.74) is 7.09. The van der Waals surface area contributed by atoms with Crippen LogP contribution in [0.5, 0.6) is 0 Å². The van der Waals surface area contributed by atoms with Gasteiger partial charge < -0.3 is 20.2 Å². The van der Waals surface area contributed by atoms with E-state index in [4.69, 9.17) is 10.2 Å². The van der Waals surface area contributed by atoms with E-state index in [0.29, 0.717) is 24.0 Å². The van der Waals surface area contributed by atoms with Gasteiger partial charge in [0.05, 0.1) is 24.1 Å². The fourth-order valence-electron chi connectivity index (χ4n) is 2.34. The number of hydrogen-bond acceptors (Lipinski definition) is 4. The Morgan fingerprint density at radius 3 is 2.80 bits per heavy atom. The van der Waals surface area contributed by atoms with Crippen LogP contribution in [0.3, 0.4) is 0 Å². The highest BCUT2D eigenvalue weighted by Gasteiger charge is 2.32. The van der Waals surface area contributed by atoms with Crippen LogP contribution in [0.4, 0.5) is 11.4 Å². The molecule has 5 heteroatoms. The molecule has 3 N–H and O–H groups in total. The standard InChI is InChI=1S/C15H16N2O3/c16-10-3-6-14(13(8-10)15(18)19)17(11-4-5-11)9-12-2-1-7-20-12/h1-3,6-8,11H,4-5,9,16H2,(H,18,19). The van der Waals surface area contributed by atoms with Crippen molar-refractivity contribution in [2.24, 2.45) is 0 Å². The van der Waals surface area contributed by atoms with Crippen molar-refractivity contribution in [3.05, 3.63) is 47.9 Å². The van der Waals surface area contributed by atoms with Gasteiger partial charge >= 0.3 is 5.97 Å². The molecule has 2 aromatic rings. The van der Waals surface area contributed by atoms with Crippen molar-refractivity contribution in [2.45, 2.75) is 25.4 Å². The Hall–Kier alpha value is -2.43. The van der Waals surface area contributed by atoms with Gasteiger partial charge in [-0.3, -0.25) is 0 Å². The molecule has 0 aliphatic heterocycles. The minimum Gasteiger partial charge on any atom is -0.478 e. The number of furan rings is 1. The van der Waals surface area contributed by atoms with Crippen LogP contribution in [-0.4, -0.2) is 17.1 Å². The Balaban J connectivity index is 1.97. The third-order valence-corrected chi connectivity index (χ3v) is 3.45. The van der Waals surface area contributed by atoms with Crippen LogP contribution < -0.4 is 10.6 Å². The topological polar surface area (TPSA) is 79.7 Å². The Bertz CT molecular complexity index is 618. The summed E-state index contributed by atoms with van der Waals surface area (Å²) in [6.45, 7) is 0.571. The first-order valence-corrected chi connectivity index (χ1v) is 6.57. The van der Waals surface area contributed by atoms with E-state index in [2.05, 4.69) is 4.90 Å². The fraction of sp³-hybridized carbons (Fsp3) is 0.267. The third kappa shape index (κ3) is 2.47. The minimum absolute atomic E-state index is 0.239. The van der Waals surface area contributed by atoms with Crippen LogP contribution in [0.1, 0.15) is 29.0 Å². The van der Waals surface area contributed by atoms with Crippen molar-refractivity contribution in [2.75, 3.05) is 10.6 Å². The second-order valence-electron chi connectivity index (χ2n) is 5.02. The SMILES string of the molecule is Nc1ccc(N(Cc2ccco2)C2CC2)c(C(=O)O)c1. The van der Waals surface area contributed by atoms with Crippen LogP contribution in [0, 0.1) is 0 Å². The fourth-order valence-corrected chi connectivity index (χ4v) is 2.34. The number of nitrogens with zero attached hydrogens (tertiary/aromatic N) is 1. The molecule has 0 radical (unpaired) electrons. The van der Waals surface area contributed by atoms with Crippen LogP contribution in [0.15, 0.2) is 41.0 Å². The molecule has 0 bridgehead atoms. The number of nitrogens with two attached hydrogens (primary N) is 1. The van der Waals surface area contributed by atoms with Gasteiger partial charge in [-0.05, 0) is 43.2 Å². The first-order chi connectivity index (χ1) is 9.65. The predicted octanol–water partition coefficient (Wildman–Crippen LogP) is 2.73. The van der Waals surface area contributed by atoms with E-state index < -0.39 is 5.97 Å². The van der Waals surface area contributed by atoms with Gasteiger partial charge in [-0.1, -0.05) is 0 Å². The second-order valence-corrected chi connectivity index (χ2v) is 5.02. The highest BCUT2D eigenvalue weighted by atomic mass is 16.4. The third-order valence-electron chi connectivity index (χ3n) is 3.45. The zero-order valence-corrected chi connectivity index (χ0v) is 11.0. The maximum atomic E-state index is 11.4. The molecule has 20 heavy (non-hydrogen) atoms. The van der Waals surface area contributed by atoms with E-state index in [-0.39, 0.29) is 5.56 Å². The Kier molecular flexibility index (Phi) is 3.10. The molecule has 0 amide bonds. The Morgan fingerprint density at radius 2 is 2.20 bits per heavy atom.